The van der Waals surface area contributed by atoms with Gasteiger partial charge < -0.3 is 25.0 Å². The van der Waals surface area contributed by atoms with Gasteiger partial charge in [0.15, 0.2) is 11.5 Å². The summed E-state index contributed by atoms with van der Waals surface area (Å²) in [5.41, 5.74) is 0.576. The van der Waals surface area contributed by atoms with E-state index < -0.39 is 0 Å². The van der Waals surface area contributed by atoms with Gasteiger partial charge in [0.2, 0.25) is 5.91 Å². The molecule has 1 aromatic carbocycles. The second-order valence-electron chi connectivity index (χ2n) is 3.49. The van der Waals surface area contributed by atoms with E-state index in [0.717, 1.165) is 0 Å². The maximum Gasteiger partial charge on any atom is 0.221 e. The van der Waals surface area contributed by atoms with Crippen LogP contribution in [0.4, 0.5) is 5.69 Å². The molecule has 1 aromatic rings. The van der Waals surface area contributed by atoms with Crippen molar-refractivity contribution in [2.75, 3.05) is 31.7 Å². The predicted molar refractivity (Wildman–Crippen MR) is 65.9 cm³/mol. The lowest BCUT2D eigenvalue weighted by molar-refractivity contribution is -0.114. The zero-order valence-electron chi connectivity index (χ0n) is 10.2. The van der Waals surface area contributed by atoms with E-state index >= 15 is 0 Å². The molecule has 0 aliphatic carbocycles. The van der Waals surface area contributed by atoms with Crippen LogP contribution in [0.25, 0.3) is 0 Å². The Labute approximate surface area is 105 Å². The first kappa shape index (κ1) is 14.3. The molecule has 0 radical (unpaired) electrons. The van der Waals surface area contributed by atoms with Crippen molar-refractivity contribution in [3.8, 4) is 11.5 Å². The number of hydrogen-bond donors (Lipinski definition) is 3. The summed E-state index contributed by atoms with van der Waals surface area (Å²) < 4.78 is 10.6. The SMILES string of the molecule is CC(=O)Nc1ccc(OCCO)c(OCCO)c1. The maximum atomic E-state index is 10.9. The molecule has 0 fully saturated rings. The Morgan fingerprint density at radius 1 is 1.17 bits per heavy atom. The van der Waals surface area contributed by atoms with E-state index in [2.05, 4.69) is 5.32 Å². The second kappa shape index (κ2) is 7.52. The molecular formula is C12H17NO5. The van der Waals surface area contributed by atoms with Gasteiger partial charge in [0.25, 0.3) is 0 Å². The Hall–Kier alpha value is -1.79. The zero-order chi connectivity index (χ0) is 13.4. The number of carbonyl (C=O) groups excluding carboxylic acids is 1. The molecule has 0 bridgehead atoms. The van der Waals surface area contributed by atoms with Gasteiger partial charge in [-0.2, -0.15) is 0 Å². The molecule has 100 valence electrons. The van der Waals surface area contributed by atoms with Crippen LogP contribution in [0.1, 0.15) is 6.92 Å². The third-order valence-electron chi connectivity index (χ3n) is 1.96. The molecule has 0 aliphatic rings. The van der Waals surface area contributed by atoms with E-state index in [4.69, 9.17) is 19.7 Å². The van der Waals surface area contributed by atoms with Crippen LogP contribution in [0.3, 0.4) is 0 Å². The fraction of sp³-hybridized carbons (Fsp3) is 0.417. The molecule has 0 atom stereocenters. The largest absolute Gasteiger partial charge is 0.487 e. The van der Waals surface area contributed by atoms with E-state index in [9.17, 15) is 4.79 Å². The molecule has 3 N–H and O–H groups in total. The summed E-state index contributed by atoms with van der Waals surface area (Å²) in [5, 5.41) is 20.1. The molecular weight excluding hydrogens is 238 g/mol. The minimum absolute atomic E-state index is 0.104. The van der Waals surface area contributed by atoms with Crippen LogP contribution < -0.4 is 14.8 Å². The Morgan fingerprint density at radius 3 is 2.33 bits per heavy atom. The van der Waals surface area contributed by atoms with Gasteiger partial charge in [-0.3, -0.25) is 4.79 Å². The number of carbonyl (C=O) groups is 1. The van der Waals surface area contributed by atoms with Gasteiger partial charge in [0.05, 0.1) is 13.2 Å². The summed E-state index contributed by atoms with van der Waals surface area (Å²) in [7, 11) is 0. The van der Waals surface area contributed by atoms with Crippen LogP contribution >= 0.6 is 0 Å². The molecule has 0 saturated heterocycles. The Bertz CT molecular complexity index is 394. The van der Waals surface area contributed by atoms with Crippen LogP contribution in [0.15, 0.2) is 18.2 Å². The van der Waals surface area contributed by atoms with Gasteiger partial charge in [-0.15, -0.1) is 0 Å². The molecule has 0 heterocycles. The van der Waals surface area contributed by atoms with Gasteiger partial charge in [-0.1, -0.05) is 0 Å². The number of rotatable bonds is 7. The first-order valence-corrected chi connectivity index (χ1v) is 5.56. The molecule has 1 rings (SSSR count). The highest BCUT2D eigenvalue weighted by atomic mass is 16.5. The number of nitrogens with one attached hydrogen (secondary N) is 1. The van der Waals surface area contributed by atoms with Crippen LogP contribution in [-0.2, 0) is 4.79 Å². The highest BCUT2D eigenvalue weighted by Gasteiger charge is 2.07. The van der Waals surface area contributed by atoms with Gasteiger partial charge in [-0.05, 0) is 12.1 Å². The number of anilines is 1. The van der Waals surface area contributed by atoms with Crippen molar-refractivity contribution in [1.29, 1.82) is 0 Å². The van der Waals surface area contributed by atoms with Crippen molar-refractivity contribution in [3.63, 3.8) is 0 Å². The van der Waals surface area contributed by atoms with Crippen molar-refractivity contribution in [2.24, 2.45) is 0 Å². The van der Waals surface area contributed by atoms with Crippen molar-refractivity contribution in [1.82, 2.24) is 0 Å². The minimum atomic E-state index is -0.188. The van der Waals surface area contributed by atoms with Crippen LogP contribution in [-0.4, -0.2) is 42.5 Å². The van der Waals surface area contributed by atoms with Gasteiger partial charge in [0, 0.05) is 18.7 Å². The lowest BCUT2D eigenvalue weighted by Gasteiger charge is -2.13. The van der Waals surface area contributed by atoms with E-state index in [1.807, 2.05) is 0 Å². The van der Waals surface area contributed by atoms with Gasteiger partial charge in [0.1, 0.15) is 13.2 Å². The Morgan fingerprint density at radius 2 is 1.78 bits per heavy atom. The molecule has 0 aliphatic heterocycles. The fourth-order valence-corrected chi connectivity index (χ4v) is 1.33. The maximum absolute atomic E-state index is 10.9. The molecule has 6 nitrogen and oxygen atoms in total. The van der Waals surface area contributed by atoms with Crippen LogP contribution in [0.5, 0.6) is 11.5 Å². The number of benzene rings is 1. The monoisotopic (exact) mass is 255 g/mol. The topological polar surface area (TPSA) is 88.0 Å². The quantitative estimate of drug-likeness (QED) is 0.656. The van der Waals surface area contributed by atoms with Crippen LogP contribution in [0, 0.1) is 0 Å². The highest BCUT2D eigenvalue weighted by molar-refractivity contribution is 5.89. The molecule has 6 heteroatoms. The summed E-state index contributed by atoms with van der Waals surface area (Å²) >= 11 is 0. The summed E-state index contributed by atoms with van der Waals surface area (Å²) in [6.07, 6.45) is 0. The molecule has 1 amide bonds. The number of aliphatic hydroxyl groups excluding tert-OH is 2. The van der Waals surface area contributed by atoms with E-state index in [0.29, 0.717) is 17.2 Å². The fourth-order valence-electron chi connectivity index (χ4n) is 1.33. The average molecular weight is 255 g/mol. The lowest BCUT2D eigenvalue weighted by Crippen LogP contribution is -2.09. The number of hydrogen-bond acceptors (Lipinski definition) is 5. The van der Waals surface area contributed by atoms with Gasteiger partial charge >= 0.3 is 0 Å². The number of ether oxygens (including phenoxy) is 2. The summed E-state index contributed by atoms with van der Waals surface area (Å²) in [6, 6.07) is 4.90. The Balaban J connectivity index is 2.84. The first-order chi connectivity index (χ1) is 8.67. The number of amides is 1. The lowest BCUT2D eigenvalue weighted by atomic mass is 10.2. The normalized spacial score (nSPS) is 9.94. The van der Waals surface area contributed by atoms with Crippen LogP contribution in [0.2, 0.25) is 0 Å². The van der Waals surface area contributed by atoms with E-state index in [1.54, 1.807) is 18.2 Å². The summed E-state index contributed by atoms with van der Waals surface area (Å²) in [5.74, 6) is 0.669. The third-order valence-corrected chi connectivity index (χ3v) is 1.96. The standard InChI is InChI=1S/C12H17NO5/c1-9(16)13-10-2-3-11(17-6-4-14)12(8-10)18-7-5-15/h2-3,8,14-15H,4-7H2,1H3,(H,13,16). The van der Waals surface area contributed by atoms with Crippen molar-refractivity contribution < 1.29 is 24.5 Å². The van der Waals surface area contributed by atoms with Gasteiger partial charge in [-0.25, -0.2) is 0 Å². The molecule has 0 aromatic heterocycles. The molecule has 0 saturated carbocycles. The summed E-state index contributed by atoms with van der Waals surface area (Å²) in [4.78, 5) is 10.9. The van der Waals surface area contributed by atoms with E-state index in [-0.39, 0.29) is 32.3 Å². The van der Waals surface area contributed by atoms with Crippen molar-refractivity contribution in [2.45, 2.75) is 6.92 Å². The predicted octanol–water partition coefficient (Wildman–Crippen LogP) is 0.387. The third kappa shape index (κ3) is 4.60. The van der Waals surface area contributed by atoms with Crippen molar-refractivity contribution >= 4 is 11.6 Å². The first-order valence-electron chi connectivity index (χ1n) is 5.56. The van der Waals surface area contributed by atoms with E-state index in [1.165, 1.54) is 6.92 Å². The average Bonchev–Trinajstić information content (AvgIpc) is 2.34. The highest BCUT2D eigenvalue weighted by Crippen LogP contribution is 2.30. The molecule has 18 heavy (non-hydrogen) atoms. The summed E-state index contributed by atoms with van der Waals surface area (Å²) in [6.45, 7) is 1.45. The smallest absolute Gasteiger partial charge is 0.221 e. The molecule has 0 spiro atoms. The zero-order valence-corrected chi connectivity index (χ0v) is 10.2. The van der Waals surface area contributed by atoms with Crippen molar-refractivity contribution in [3.05, 3.63) is 18.2 Å². The minimum Gasteiger partial charge on any atom is -0.487 e. The molecule has 0 unspecified atom stereocenters. The number of aliphatic hydroxyl groups is 2. The second-order valence-corrected chi connectivity index (χ2v) is 3.49. The Kier molecular flexibility index (Phi) is 5.96.